The first kappa shape index (κ1) is 16.8. The summed E-state index contributed by atoms with van der Waals surface area (Å²) in [6.07, 6.45) is -4.77. The Morgan fingerprint density at radius 2 is 1.78 bits per heavy atom. The lowest BCUT2D eigenvalue weighted by atomic mass is 10.0. The molecule has 122 valence electrons. The lowest BCUT2D eigenvalue weighted by Gasteiger charge is -2.18. The van der Waals surface area contributed by atoms with Crippen LogP contribution in [0.3, 0.4) is 0 Å². The van der Waals surface area contributed by atoms with Crippen LogP contribution in [0.1, 0.15) is 27.0 Å². The largest absolute Gasteiger partial charge is 0.478 e. The number of hydrogen-bond acceptors (Lipinski definition) is 2. The third kappa shape index (κ3) is 3.44. The number of carboxylic acid groups (broad SMARTS) is 1. The van der Waals surface area contributed by atoms with Crippen LogP contribution < -0.4 is 5.32 Å². The predicted octanol–water partition coefficient (Wildman–Crippen LogP) is 4.90. The molecule has 0 atom stereocenters. The molecule has 0 amide bonds. The van der Waals surface area contributed by atoms with Crippen molar-refractivity contribution in [1.82, 2.24) is 0 Å². The van der Waals surface area contributed by atoms with Gasteiger partial charge in [-0.1, -0.05) is 12.1 Å². The van der Waals surface area contributed by atoms with Crippen molar-refractivity contribution in [2.75, 3.05) is 5.32 Å². The minimum absolute atomic E-state index is 0.0706. The number of carboxylic acids is 1. The molecule has 2 rings (SSSR count). The normalized spacial score (nSPS) is 11.4. The van der Waals surface area contributed by atoms with Gasteiger partial charge in [0.15, 0.2) is 0 Å². The monoisotopic (exact) mass is 327 g/mol. The maximum atomic E-state index is 13.9. The zero-order valence-corrected chi connectivity index (χ0v) is 12.3. The van der Waals surface area contributed by atoms with Crippen LogP contribution in [0.5, 0.6) is 0 Å². The quantitative estimate of drug-likeness (QED) is 0.788. The van der Waals surface area contributed by atoms with Gasteiger partial charge in [-0.05, 0) is 43.2 Å². The second-order valence-electron chi connectivity index (χ2n) is 5.09. The molecule has 3 nitrogen and oxygen atoms in total. The minimum Gasteiger partial charge on any atom is -0.478 e. The molecular formula is C16H13F4NO2. The van der Waals surface area contributed by atoms with E-state index in [1.165, 1.54) is 13.0 Å². The second kappa shape index (κ2) is 5.91. The molecule has 0 fully saturated rings. The highest BCUT2D eigenvalue weighted by Crippen LogP contribution is 2.38. The number of rotatable bonds is 3. The molecule has 23 heavy (non-hydrogen) atoms. The number of aryl methyl sites for hydroxylation is 2. The Labute approximate surface area is 129 Å². The zero-order valence-electron chi connectivity index (χ0n) is 12.3. The molecule has 0 aliphatic heterocycles. The molecule has 2 N–H and O–H groups in total. The number of alkyl halides is 3. The fraction of sp³-hybridized carbons (Fsp3) is 0.188. The number of benzene rings is 2. The first-order valence-corrected chi connectivity index (χ1v) is 6.58. The van der Waals surface area contributed by atoms with Crippen LogP contribution in [0.15, 0.2) is 30.3 Å². The Morgan fingerprint density at radius 1 is 1.13 bits per heavy atom. The lowest BCUT2D eigenvalue weighted by Crippen LogP contribution is -2.12. The van der Waals surface area contributed by atoms with E-state index in [4.69, 9.17) is 0 Å². The van der Waals surface area contributed by atoms with Crippen LogP contribution >= 0.6 is 0 Å². The number of nitrogens with one attached hydrogen (secondary N) is 1. The van der Waals surface area contributed by atoms with Crippen LogP contribution in [0.25, 0.3) is 0 Å². The van der Waals surface area contributed by atoms with E-state index in [1.807, 2.05) is 0 Å². The number of carbonyl (C=O) groups is 1. The Balaban J connectivity index is 2.64. The Kier molecular flexibility index (Phi) is 4.31. The number of halogens is 4. The summed E-state index contributed by atoms with van der Waals surface area (Å²) in [7, 11) is 0. The van der Waals surface area contributed by atoms with Gasteiger partial charge in [-0.15, -0.1) is 0 Å². The number of para-hydroxylation sites is 1. The van der Waals surface area contributed by atoms with Crippen LogP contribution in [0, 0.1) is 19.7 Å². The molecule has 0 saturated carbocycles. The van der Waals surface area contributed by atoms with E-state index in [9.17, 15) is 27.5 Å². The topological polar surface area (TPSA) is 49.3 Å². The molecule has 0 saturated heterocycles. The summed E-state index contributed by atoms with van der Waals surface area (Å²) in [5.74, 6) is -2.43. The fourth-order valence-corrected chi connectivity index (χ4v) is 2.31. The third-order valence-electron chi connectivity index (χ3n) is 3.28. The lowest BCUT2D eigenvalue weighted by molar-refractivity contribution is -0.137. The molecule has 0 aliphatic rings. The SMILES string of the molecule is Cc1cc(C)c(Nc2c(F)cccc2C(F)(F)F)c(C(=O)O)c1. The van der Waals surface area contributed by atoms with Crippen LogP contribution in [-0.4, -0.2) is 11.1 Å². The molecular weight excluding hydrogens is 314 g/mol. The van der Waals surface area contributed by atoms with Gasteiger partial charge < -0.3 is 10.4 Å². The zero-order chi connectivity index (χ0) is 17.4. The standard InChI is InChI=1S/C16H13F4NO2/c1-8-6-9(2)13(10(7-8)15(22)23)21-14-11(16(18,19)20)4-3-5-12(14)17/h3-7,21H,1-2H3,(H,22,23). The molecule has 7 heteroatoms. The van der Waals surface area contributed by atoms with E-state index in [-0.39, 0.29) is 11.3 Å². The van der Waals surface area contributed by atoms with E-state index in [1.54, 1.807) is 13.0 Å². The maximum absolute atomic E-state index is 13.9. The molecule has 0 heterocycles. The third-order valence-corrected chi connectivity index (χ3v) is 3.28. The van der Waals surface area contributed by atoms with Crippen molar-refractivity contribution < 1.29 is 27.5 Å². The van der Waals surface area contributed by atoms with Gasteiger partial charge in [-0.2, -0.15) is 13.2 Å². The van der Waals surface area contributed by atoms with Crippen molar-refractivity contribution in [3.8, 4) is 0 Å². The number of hydrogen-bond donors (Lipinski definition) is 2. The van der Waals surface area contributed by atoms with Crippen molar-refractivity contribution in [1.29, 1.82) is 0 Å². The van der Waals surface area contributed by atoms with Gasteiger partial charge in [0.2, 0.25) is 0 Å². The summed E-state index contributed by atoms with van der Waals surface area (Å²) >= 11 is 0. The molecule has 0 unspecified atom stereocenters. The number of anilines is 2. The van der Waals surface area contributed by atoms with Crippen molar-refractivity contribution in [3.05, 3.63) is 58.4 Å². The van der Waals surface area contributed by atoms with Crippen LogP contribution in [-0.2, 0) is 6.18 Å². The first-order valence-electron chi connectivity index (χ1n) is 6.58. The predicted molar refractivity (Wildman–Crippen MR) is 77.6 cm³/mol. The summed E-state index contributed by atoms with van der Waals surface area (Å²) in [4.78, 5) is 11.3. The highest BCUT2D eigenvalue weighted by molar-refractivity contribution is 5.96. The molecule has 0 aliphatic carbocycles. The van der Waals surface area contributed by atoms with Gasteiger partial charge >= 0.3 is 12.1 Å². The van der Waals surface area contributed by atoms with Gasteiger partial charge in [-0.3, -0.25) is 0 Å². The average Bonchev–Trinajstić information content (AvgIpc) is 2.41. The molecule has 2 aromatic carbocycles. The average molecular weight is 327 g/mol. The van der Waals surface area contributed by atoms with E-state index in [0.717, 1.165) is 18.2 Å². The van der Waals surface area contributed by atoms with E-state index < -0.39 is 29.2 Å². The van der Waals surface area contributed by atoms with Gasteiger partial charge in [0.1, 0.15) is 5.82 Å². The smallest absolute Gasteiger partial charge is 0.418 e. The highest BCUT2D eigenvalue weighted by Gasteiger charge is 2.35. The summed E-state index contributed by atoms with van der Waals surface area (Å²) < 4.78 is 53.0. The summed E-state index contributed by atoms with van der Waals surface area (Å²) in [5, 5.41) is 11.6. The van der Waals surface area contributed by atoms with E-state index >= 15 is 0 Å². The van der Waals surface area contributed by atoms with Crippen molar-refractivity contribution in [3.63, 3.8) is 0 Å². The first-order chi connectivity index (χ1) is 10.6. The molecule has 0 aromatic heterocycles. The summed E-state index contributed by atoms with van der Waals surface area (Å²) in [6, 6.07) is 5.47. The highest BCUT2D eigenvalue weighted by atomic mass is 19.4. The Hall–Kier alpha value is -2.57. The van der Waals surface area contributed by atoms with Crippen LogP contribution in [0.4, 0.5) is 28.9 Å². The van der Waals surface area contributed by atoms with Gasteiger partial charge in [0, 0.05) is 0 Å². The van der Waals surface area contributed by atoms with Crippen LogP contribution in [0.2, 0.25) is 0 Å². The number of aromatic carboxylic acids is 1. The van der Waals surface area contributed by atoms with E-state index in [2.05, 4.69) is 5.32 Å². The molecule has 2 aromatic rings. The molecule has 0 bridgehead atoms. The van der Waals surface area contributed by atoms with E-state index in [0.29, 0.717) is 11.1 Å². The van der Waals surface area contributed by atoms with Gasteiger partial charge in [-0.25, -0.2) is 9.18 Å². The Morgan fingerprint density at radius 3 is 2.35 bits per heavy atom. The Bertz CT molecular complexity index is 769. The summed E-state index contributed by atoms with van der Waals surface area (Å²) in [5.41, 5.74) is -1.25. The van der Waals surface area contributed by atoms with Crippen molar-refractivity contribution in [2.24, 2.45) is 0 Å². The molecule has 0 spiro atoms. The maximum Gasteiger partial charge on any atom is 0.418 e. The molecule has 0 radical (unpaired) electrons. The minimum atomic E-state index is -4.77. The fourth-order valence-electron chi connectivity index (χ4n) is 2.31. The summed E-state index contributed by atoms with van der Waals surface area (Å²) in [6.45, 7) is 3.20. The van der Waals surface area contributed by atoms with Crippen molar-refractivity contribution >= 4 is 17.3 Å². The van der Waals surface area contributed by atoms with Crippen molar-refractivity contribution in [2.45, 2.75) is 20.0 Å². The van der Waals surface area contributed by atoms with Gasteiger partial charge in [0.25, 0.3) is 0 Å². The van der Waals surface area contributed by atoms with Gasteiger partial charge in [0.05, 0.1) is 22.5 Å². The second-order valence-corrected chi connectivity index (χ2v) is 5.09.